The molecular weight excluding hydrogens is 206 g/mol. The Hall–Kier alpha value is -1.65. The van der Waals surface area contributed by atoms with Crippen LogP contribution in [0.25, 0.3) is 0 Å². The van der Waals surface area contributed by atoms with Crippen molar-refractivity contribution in [3.05, 3.63) is 48.6 Å². The van der Waals surface area contributed by atoms with Gasteiger partial charge in [0.05, 0.1) is 6.61 Å². The van der Waals surface area contributed by atoms with Gasteiger partial charge in [0, 0.05) is 6.42 Å². The van der Waals surface area contributed by atoms with E-state index in [2.05, 4.69) is 12.1 Å². The Morgan fingerprint density at radius 2 is 2.19 bits per heavy atom. The maximum atomic E-state index is 10.9. The number of carboxylic acids is 1. The Morgan fingerprint density at radius 3 is 2.75 bits per heavy atom. The molecule has 0 amide bonds. The highest BCUT2D eigenvalue weighted by Crippen LogP contribution is 2.03. The Labute approximate surface area is 94.5 Å². The molecule has 0 radical (unpaired) electrons. The zero-order valence-corrected chi connectivity index (χ0v) is 8.93. The molecule has 0 bridgehead atoms. The van der Waals surface area contributed by atoms with Gasteiger partial charge in [-0.2, -0.15) is 5.48 Å². The van der Waals surface area contributed by atoms with Crippen molar-refractivity contribution in [1.82, 2.24) is 5.48 Å². The van der Waals surface area contributed by atoms with Crippen molar-refractivity contribution in [2.24, 2.45) is 0 Å². The second-order valence-corrected chi connectivity index (χ2v) is 3.30. The van der Waals surface area contributed by atoms with Crippen LogP contribution in [0.1, 0.15) is 5.56 Å². The average Bonchev–Trinajstić information content (AvgIpc) is 2.29. The lowest BCUT2D eigenvalue weighted by molar-refractivity contribution is -0.143. The molecule has 0 saturated carbocycles. The number of carboxylic acid groups (broad SMARTS) is 1. The van der Waals surface area contributed by atoms with Crippen LogP contribution in [0.15, 0.2) is 43.0 Å². The van der Waals surface area contributed by atoms with Crippen molar-refractivity contribution in [2.75, 3.05) is 6.61 Å². The van der Waals surface area contributed by atoms with Gasteiger partial charge in [-0.1, -0.05) is 36.4 Å². The minimum absolute atomic E-state index is 0.276. The molecule has 0 spiro atoms. The molecular formula is C12H15NO3. The molecule has 1 aromatic rings. The topological polar surface area (TPSA) is 58.6 Å². The third-order valence-electron chi connectivity index (χ3n) is 2.01. The quantitative estimate of drug-likeness (QED) is 0.415. The van der Waals surface area contributed by atoms with E-state index in [9.17, 15) is 4.79 Å². The summed E-state index contributed by atoms with van der Waals surface area (Å²) < 4.78 is 0. The SMILES string of the molecule is C=CCONC(Cc1ccccc1)C(=O)O. The standard InChI is InChI=1S/C12H15NO3/c1-2-8-16-13-11(12(14)15)9-10-6-4-3-5-7-10/h2-7,11,13H,1,8-9H2,(H,14,15). The van der Waals surface area contributed by atoms with E-state index in [-0.39, 0.29) is 6.61 Å². The fourth-order valence-corrected chi connectivity index (χ4v) is 1.24. The van der Waals surface area contributed by atoms with Gasteiger partial charge in [-0.15, -0.1) is 6.58 Å². The Kier molecular flexibility index (Phi) is 5.25. The summed E-state index contributed by atoms with van der Waals surface area (Å²) in [5.41, 5.74) is 3.45. The monoisotopic (exact) mass is 221 g/mol. The summed E-state index contributed by atoms with van der Waals surface area (Å²) in [5.74, 6) is -0.937. The van der Waals surface area contributed by atoms with Crippen molar-refractivity contribution >= 4 is 5.97 Å². The van der Waals surface area contributed by atoms with Crippen LogP contribution in [-0.4, -0.2) is 23.7 Å². The number of carbonyl (C=O) groups is 1. The Morgan fingerprint density at radius 1 is 1.50 bits per heavy atom. The number of benzene rings is 1. The van der Waals surface area contributed by atoms with Gasteiger partial charge in [-0.3, -0.25) is 9.63 Å². The summed E-state index contributed by atoms with van der Waals surface area (Å²) in [7, 11) is 0. The first-order valence-corrected chi connectivity index (χ1v) is 4.99. The summed E-state index contributed by atoms with van der Waals surface area (Å²) >= 11 is 0. The lowest BCUT2D eigenvalue weighted by atomic mass is 10.1. The van der Waals surface area contributed by atoms with Gasteiger partial charge >= 0.3 is 5.97 Å². The second-order valence-electron chi connectivity index (χ2n) is 3.30. The van der Waals surface area contributed by atoms with Crippen LogP contribution >= 0.6 is 0 Å². The van der Waals surface area contributed by atoms with E-state index >= 15 is 0 Å². The van der Waals surface area contributed by atoms with E-state index in [0.29, 0.717) is 6.42 Å². The molecule has 0 saturated heterocycles. The van der Waals surface area contributed by atoms with Crippen molar-refractivity contribution in [3.8, 4) is 0 Å². The highest BCUT2D eigenvalue weighted by molar-refractivity contribution is 5.73. The lowest BCUT2D eigenvalue weighted by Crippen LogP contribution is -2.38. The summed E-state index contributed by atoms with van der Waals surface area (Å²) in [4.78, 5) is 15.9. The molecule has 1 unspecified atom stereocenters. The molecule has 0 aliphatic carbocycles. The predicted molar refractivity (Wildman–Crippen MR) is 60.9 cm³/mol. The van der Waals surface area contributed by atoms with Crippen LogP contribution in [0.4, 0.5) is 0 Å². The van der Waals surface area contributed by atoms with E-state index in [1.807, 2.05) is 30.3 Å². The highest BCUT2D eigenvalue weighted by atomic mass is 16.6. The molecule has 4 heteroatoms. The summed E-state index contributed by atoms with van der Waals surface area (Å²) in [5, 5.41) is 8.97. The number of hydrogen-bond donors (Lipinski definition) is 2. The zero-order chi connectivity index (χ0) is 11.8. The fourth-order valence-electron chi connectivity index (χ4n) is 1.24. The van der Waals surface area contributed by atoms with Crippen molar-refractivity contribution < 1.29 is 14.7 Å². The van der Waals surface area contributed by atoms with Crippen LogP contribution in [-0.2, 0) is 16.1 Å². The van der Waals surface area contributed by atoms with Crippen LogP contribution in [0, 0.1) is 0 Å². The largest absolute Gasteiger partial charge is 0.480 e. The first-order chi connectivity index (χ1) is 7.74. The smallest absolute Gasteiger partial charge is 0.323 e. The maximum Gasteiger partial charge on any atom is 0.323 e. The molecule has 86 valence electrons. The van der Waals surface area contributed by atoms with E-state index in [0.717, 1.165) is 5.56 Å². The highest BCUT2D eigenvalue weighted by Gasteiger charge is 2.17. The molecule has 4 nitrogen and oxygen atoms in total. The van der Waals surface area contributed by atoms with Crippen LogP contribution < -0.4 is 5.48 Å². The molecule has 0 heterocycles. The normalized spacial score (nSPS) is 12.0. The Bertz CT molecular complexity index is 337. The molecule has 2 N–H and O–H groups in total. The van der Waals surface area contributed by atoms with E-state index in [1.54, 1.807) is 6.08 Å². The van der Waals surface area contributed by atoms with E-state index in [4.69, 9.17) is 9.94 Å². The minimum atomic E-state index is -0.937. The third kappa shape index (κ3) is 4.25. The fraction of sp³-hybridized carbons (Fsp3) is 0.250. The molecule has 0 aliphatic rings. The molecule has 16 heavy (non-hydrogen) atoms. The van der Waals surface area contributed by atoms with E-state index in [1.165, 1.54) is 0 Å². The number of aliphatic carboxylic acids is 1. The first-order valence-electron chi connectivity index (χ1n) is 4.99. The van der Waals surface area contributed by atoms with Gasteiger partial charge in [0.25, 0.3) is 0 Å². The predicted octanol–water partition coefficient (Wildman–Crippen LogP) is 1.39. The molecule has 1 aromatic carbocycles. The van der Waals surface area contributed by atoms with Crippen molar-refractivity contribution in [3.63, 3.8) is 0 Å². The Balaban J connectivity index is 2.51. The number of nitrogens with one attached hydrogen (secondary N) is 1. The molecule has 0 fully saturated rings. The first kappa shape index (κ1) is 12.4. The van der Waals surface area contributed by atoms with Gasteiger partial charge in [0.2, 0.25) is 0 Å². The van der Waals surface area contributed by atoms with Gasteiger partial charge in [-0.05, 0) is 5.56 Å². The average molecular weight is 221 g/mol. The van der Waals surface area contributed by atoms with Gasteiger partial charge in [0.1, 0.15) is 6.04 Å². The summed E-state index contributed by atoms with van der Waals surface area (Å²) in [6.45, 7) is 3.75. The van der Waals surface area contributed by atoms with Crippen molar-refractivity contribution in [2.45, 2.75) is 12.5 Å². The molecule has 0 aromatic heterocycles. The van der Waals surface area contributed by atoms with Crippen LogP contribution in [0.2, 0.25) is 0 Å². The van der Waals surface area contributed by atoms with Crippen molar-refractivity contribution in [1.29, 1.82) is 0 Å². The minimum Gasteiger partial charge on any atom is -0.480 e. The van der Waals surface area contributed by atoms with Crippen LogP contribution in [0.5, 0.6) is 0 Å². The maximum absolute atomic E-state index is 10.9. The number of rotatable bonds is 7. The van der Waals surface area contributed by atoms with Gasteiger partial charge in [-0.25, -0.2) is 0 Å². The lowest BCUT2D eigenvalue weighted by Gasteiger charge is -2.13. The zero-order valence-electron chi connectivity index (χ0n) is 8.93. The van der Waals surface area contributed by atoms with Gasteiger partial charge < -0.3 is 5.11 Å². The molecule has 1 atom stereocenters. The molecule has 1 rings (SSSR count). The molecule has 0 aliphatic heterocycles. The van der Waals surface area contributed by atoms with Gasteiger partial charge in [0.15, 0.2) is 0 Å². The van der Waals surface area contributed by atoms with E-state index < -0.39 is 12.0 Å². The number of hydroxylamine groups is 1. The third-order valence-corrected chi connectivity index (χ3v) is 2.01. The number of hydrogen-bond acceptors (Lipinski definition) is 3. The summed E-state index contributed by atoms with van der Waals surface area (Å²) in [6.07, 6.45) is 1.93. The van der Waals surface area contributed by atoms with Crippen LogP contribution in [0.3, 0.4) is 0 Å². The second kappa shape index (κ2) is 6.76. The summed E-state index contributed by atoms with van der Waals surface area (Å²) in [6, 6.07) is 8.65.